The van der Waals surface area contributed by atoms with E-state index in [2.05, 4.69) is 5.32 Å². The number of nitrogens with zero attached hydrogens (tertiary/aromatic N) is 1. The van der Waals surface area contributed by atoms with Gasteiger partial charge in [0.25, 0.3) is 0 Å². The summed E-state index contributed by atoms with van der Waals surface area (Å²) in [6, 6.07) is 5.82. The van der Waals surface area contributed by atoms with E-state index in [1.807, 2.05) is 25.1 Å². The molecule has 1 aromatic carbocycles. The second kappa shape index (κ2) is 6.61. The lowest BCUT2D eigenvalue weighted by Crippen LogP contribution is -2.42. The molecular weight excluding hydrogens is 256 g/mol. The largest absolute Gasteiger partial charge is 0.486 e. The molecule has 0 radical (unpaired) electrons. The molecule has 20 heavy (non-hydrogen) atoms. The van der Waals surface area contributed by atoms with E-state index >= 15 is 0 Å². The van der Waals surface area contributed by atoms with Crippen LogP contribution in [0.25, 0.3) is 0 Å². The fraction of sp³-hybridized carbons (Fsp3) is 0.533. The van der Waals surface area contributed by atoms with Gasteiger partial charge in [-0.05, 0) is 37.6 Å². The molecular formula is C15H22N2O3. The number of hydrogen-bond acceptors (Lipinski definition) is 4. The van der Waals surface area contributed by atoms with Crippen molar-refractivity contribution in [1.82, 2.24) is 10.2 Å². The fourth-order valence-corrected chi connectivity index (χ4v) is 2.15. The second-order valence-electron chi connectivity index (χ2n) is 5.14. The first-order chi connectivity index (χ1) is 9.58. The summed E-state index contributed by atoms with van der Waals surface area (Å²) >= 11 is 0. The molecule has 1 amide bonds. The van der Waals surface area contributed by atoms with Gasteiger partial charge in [-0.25, -0.2) is 0 Å². The topological polar surface area (TPSA) is 50.8 Å². The van der Waals surface area contributed by atoms with Gasteiger partial charge in [-0.2, -0.15) is 0 Å². The lowest BCUT2D eigenvalue weighted by atomic mass is 10.1. The third kappa shape index (κ3) is 3.63. The zero-order chi connectivity index (χ0) is 14.5. The van der Waals surface area contributed by atoms with Crippen molar-refractivity contribution in [3.05, 3.63) is 23.8 Å². The van der Waals surface area contributed by atoms with Crippen LogP contribution >= 0.6 is 0 Å². The number of hydrogen-bond donors (Lipinski definition) is 1. The zero-order valence-electron chi connectivity index (χ0n) is 12.3. The maximum absolute atomic E-state index is 11.7. The molecule has 110 valence electrons. The van der Waals surface area contributed by atoms with Gasteiger partial charge < -0.3 is 19.7 Å². The highest BCUT2D eigenvalue weighted by Crippen LogP contribution is 2.30. The predicted octanol–water partition coefficient (Wildman–Crippen LogP) is 1.07. The molecule has 1 aliphatic heterocycles. The van der Waals surface area contributed by atoms with E-state index in [1.54, 1.807) is 19.0 Å². The van der Waals surface area contributed by atoms with E-state index in [4.69, 9.17) is 9.47 Å². The summed E-state index contributed by atoms with van der Waals surface area (Å²) in [5.41, 5.74) is 1.17. The highest BCUT2D eigenvalue weighted by atomic mass is 16.6. The van der Waals surface area contributed by atoms with Crippen molar-refractivity contribution >= 4 is 5.91 Å². The van der Waals surface area contributed by atoms with Crippen LogP contribution in [0.5, 0.6) is 11.5 Å². The van der Waals surface area contributed by atoms with Gasteiger partial charge in [0.1, 0.15) is 13.2 Å². The Balaban J connectivity index is 1.84. The van der Waals surface area contributed by atoms with E-state index in [-0.39, 0.29) is 11.9 Å². The van der Waals surface area contributed by atoms with Crippen LogP contribution in [-0.4, -0.2) is 50.7 Å². The Kier molecular flexibility index (Phi) is 4.84. The summed E-state index contributed by atoms with van der Waals surface area (Å²) in [5.74, 6) is 1.71. The number of nitrogens with one attached hydrogen (secondary N) is 1. The van der Waals surface area contributed by atoms with E-state index in [1.165, 1.54) is 5.56 Å². The van der Waals surface area contributed by atoms with E-state index in [0.29, 0.717) is 13.2 Å². The predicted molar refractivity (Wildman–Crippen MR) is 77.3 cm³/mol. The number of rotatable bonds is 5. The molecule has 1 heterocycles. The number of fused-ring (bicyclic) bond motifs is 1. The van der Waals surface area contributed by atoms with Crippen molar-refractivity contribution in [1.29, 1.82) is 0 Å². The summed E-state index contributed by atoms with van der Waals surface area (Å²) in [5, 5.41) is 3.23. The van der Waals surface area contributed by atoms with Crippen molar-refractivity contribution in [3.63, 3.8) is 0 Å². The Morgan fingerprint density at radius 1 is 1.30 bits per heavy atom. The molecule has 2 rings (SSSR count). The van der Waals surface area contributed by atoms with Crippen molar-refractivity contribution < 1.29 is 14.3 Å². The van der Waals surface area contributed by atoms with E-state index < -0.39 is 0 Å². The summed E-state index contributed by atoms with van der Waals surface area (Å²) in [4.78, 5) is 13.3. The van der Waals surface area contributed by atoms with Crippen LogP contribution in [0.2, 0.25) is 0 Å². The van der Waals surface area contributed by atoms with Crippen molar-refractivity contribution in [2.24, 2.45) is 0 Å². The molecule has 0 saturated heterocycles. The van der Waals surface area contributed by atoms with Crippen LogP contribution in [-0.2, 0) is 11.2 Å². The molecule has 1 atom stereocenters. The quantitative estimate of drug-likeness (QED) is 0.875. The lowest BCUT2D eigenvalue weighted by Gasteiger charge is -2.20. The Labute approximate surface area is 119 Å². The minimum Gasteiger partial charge on any atom is -0.486 e. The van der Waals surface area contributed by atoms with Gasteiger partial charge in [-0.15, -0.1) is 0 Å². The third-order valence-corrected chi connectivity index (χ3v) is 3.28. The molecule has 1 N–H and O–H groups in total. The summed E-state index contributed by atoms with van der Waals surface area (Å²) in [6.45, 7) is 3.84. The minimum absolute atomic E-state index is 0.0900. The van der Waals surface area contributed by atoms with Crippen molar-refractivity contribution in [3.8, 4) is 11.5 Å². The maximum Gasteiger partial charge on any atom is 0.238 e. The summed E-state index contributed by atoms with van der Waals surface area (Å²) < 4.78 is 11.0. The van der Waals surface area contributed by atoms with Crippen LogP contribution in [0.15, 0.2) is 18.2 Å². The molecule has 1 unspecified atom stereocenters. The molecule has 0 spiro atoms. The SMILES string of the molecule is CC(NCCc1ccc2c(c1)OCCO2)C(=O)N(C)C. The van der Waals surface area contributed by atoms with Gasteiger partial charge in [0.05, 0.1) is 6.04 Å². The standard InChI is InChI=1S/C15H22N2O3/c1-11(15(18)17(2)3)16-7-6-12-4-5-13-14(10-12)20-9-8-19-13/h4-5,10-11,16H,6-9H2,1-3H3. The monoisotopic (exact) mass is 278 g/mol. The Hall–Kier alpha value is -1.75. The Morgan fingerprint density at radius 3 is 2.70 bits per heavy atom. The average Bonchev–Trinajstić information content (AvgIpc) is 2.46. The summed E-state index contributed by atoms with van der Waals surface area (Å²) in [6.07, 6.45) is 0.849. The fourth-order valence-electron chi connectivity index (χ4n) is 2.15. The number of likely N-dealkylation sites (N-methyl/N-ethyl adjacent to an activating group) is 1. The molecule has 1 aliphatic rings. The van der Waals surface area contributed by atoms with Crippen LogP contribution in [0, 0.1) is 0 Å². The first-order valence-electron chi connectivity index (χ1n) is 6.91. The number of carbonyl (C=O) groups is 1. The minimum atomic E-state index is -0.165. The first-order valence-corrected chi connectivity index (χ1v) is 6.91. The lowest BCUT2D eigenvalue weighted by molar-refractivity contribution is -0.130. The van der Waals surface area contributed by atoms with Crippen LogP contribution in [0.3, 0.4) is 0 Å². The first kappa shape index (κ1) is 14.7. The molecule has 5 nitrogen and oxygen atoms in total. The third-order valence-electron chi connectivity index (χ3n) is 3.28. The zero-order valence-corrected chi connectivity index (χ0v) is 12.3. The molecule has 1 aromatic rings. The van der Waals surface area contributed by atoms with E-state index in [9.17, 15) is 4.79 Å². The van der Waals surface area contributed by atoms with Crippen molar-refractivity contribution in [2.45, 2.75) is 19.4 Å². The van der Waals surface area contributed by atoms with Crippen LogP contribution in [0.4, 0.5) is 0 Å². The van der Waals surface area contributed by atoms with Crippen molar-refractivity contribution in [2.75, 3.05) is 33.9 Å². The molecule has 0 aliphatic carbocycles. The van der Waals surface area contributed by atoms with Gasteiger partial charge >= 0.3 is 0 Å². The highest BCUT2D eigenvalue weighted by molar-refractivity contribution is 5.80. The van der Waals surface area contributed by atoms with E-state index in [0.717, 1.165) is 24.5 Å². The Morgan fingerprint density at radius 2 is 2.00 bits per heavy atom. The van der Waals surface area contributed by atoms with Crippen LogP contribution in [0.1, 0.15) is 12.5 Å². The average molecular weight is 278 g/mol. The molecule has 0 saturated carbocycles. The smallest absolute Gasteiger partial charge is 0.238 e. The molecule has 0 aromatic heterocycles. The Bertz CT molecular complexity index is 474. The highest BCUT2D eigenvalue weighted by Gasteiger charge is 2.14. The molecule has 0 bridgehead atoms. The van der Waals surface area contributed by atoms with Crippen LogP contribution < -0.4 is 14.8 Å². The van der Waals surface area contributed by atoms with Gasteiger partial charge in [-0.1, -0.05) is 6.07 Å². The summed E-state index contributed by atoms with van der Waals surface area (Å²) in [7, 11) is 3.53. The molecule has 5 heteroatoms. The maximum atomic E-state index is 11.7. The van der Waals surface area contributed by atoms with Gasteiger partial charge in [0.15, 0.2) is 11.5 Å². The number of carbonyl (C=O) groups excluding carboxylic acids is 1. The second-order valence-corrected chi connectivity index (χ2v) is 5.14. The normalized spacial score (nSPS) is 14.8. The number of ether oxygens (including phenoxy) is 2. The van der Waals surface area contributed by atoms with Gasteiger partial charge in [0.2, 0.25) is 5.91 Å². The molecule has 0 fully saturated rings. The number of amides is 1. The van der Waals surface area contributed by atoms with Gasteiger partial charge in [0, 0.05) is 14.1 Å². The van der Waals surface area contributed by atoms with Gasteiger partial charge in [-0.3, -0.25) is 4.79 Å². The number of benzene rings is 1.